The Hall–Kier alpha value is 0.0500. The van der Waals surface area contributed by atoms with Gasteiger partial charge in [-0.2, -0.15) is 12.6 Å². The fourth-order valence-electron chi connectivity index (χ4n) is 1.16. The monoisotopic (exact) mass is 187 g/mol. The summed E-state index contributed by atoms with van der Waals surface area (Å²) < 4.78 is 0. The van der Waals surface area contributed by atoms with Crippen molar-refractivity contribution in [1.82, 2.24) is 4.90 Å². The fourth-order valence-corrected chi connectivity index (χ4v) is 1.26. The summed E-state index contributed by atoms with van der Waals surface area (Å²) in [5, 5.41) is 0. The molecule has 0 aliphatic heterocycles. The van der Waals surface area contributed by atoms with Crippen molar-refractivity contribution in [3.63, 3.8) is 0 Å². The van der Waals surface area contributed by atoms with E-state index in [1.807, 2.05) is 0 Å². The Morgan fingerprint density at radius 1 is 1.58 bits per heavy atom. The van der Waals surface area contributed by atoms with Crippen LogP contribution in [0.4, 0.5) is 0 Å². The smallest absolute Gasteiger partial charge is 0.0195 e. The van der Waals surface area contributed by atoms with Crippen LogP contribution in [0.15, 0.2) is 12.2 Å². The van der Waals surface area contributed by atoms with Crippen LogP contribution in [-0.4, -0.2) is 30.8 Å². The number of nitrogens with zero attached hydrogens (tertiary/aromatic N) is 1. The van der Waals surface area contributed by atoms with Crippen molar-refractivity contribution in [2.45, 2.75) is 20.3 Å². The molecule has 0 aliphatic rings. The van der Waals surface area contributed by atoms with E-state index in [9.17, 15) is 0 Å². The van der Waals surface area contributed by atoms with E-state index >= 15 is 0 Å². The summed E-state index contributed by atoms with van der Waals surface area (Å²) in [6.07, 6.45) is 1.25. The van der Waals surface area contributed by atoms with Gasteiger partial charge in [-0.05, 0) is 13.0 Å². The largest absolute Gasteiger partial charge is 0.302 e. The fraction of sp³-hybridized carbons (Fsp3) is 0.800. The van der Waals surface area contributed by atoms with E-state index in [1.165, 1.54) is 12.0 Å². The summed E-state index contributed by atoms with van der Waals surface area (Å²) >= 11 is 4.18. The molecular weight excluding hydrogens is 166 g/mol. The molecule has 0 rings (SSSR count). The minimum absolute atomic E-state index is 0.780. The molecular formula is C10H21NS. The van der Waals surface area contributed by atoms with Gasteiger partial charge < -0.3 is 4.90 Å². The molecule has 0 aromatic heterocycles. The summed E-state index contributed by atoms with van der Waals surface area (Å²) in [5.41, 5.74) is 1.20. The summed E-state index contributed by atoms with van der Waals surface area (Å²) in [7, 11) is 2.14. The molecule has 72 valence electrons. The summed E-state index contributed by atoms with van der Waals surface area (Å²) in [4.78, 5) is 2.31. The van der Waals surface area contributed by atoms with Crippen molar-refractivity contribution in [3.05, 3.63) is 12.2 Å². The first-order valence-electron chi connectivity index (χ1n) is 4.56. The maximum Gasteiger partial charge on any atom is 0.0195 e. The maximum atomic E-state index is 4.18. The second-order valence-electron chi connectivity index (χ2n) is 3.62. The van der Waals surface area contributed by atoms with Crippen LogP contribution in [0, 0.1) is 5.92 Å². The molecule has 1 nitrogen and oxygen atoms in total. The SMILES string of the molecule is C=C(CS)CN(C)CC(C)CC. The Labute approximate surface area is 82.2 Å². The molecule has 0 N–H and O–H groups in total. The molecule has 0 aromatic carbocycles. The lowest BCUT2D eigenvalue weighted by Crippen LogP contribution is -2.26. The van der Waals surface area contributed by atoms with Gasteiger partial charge in [-0.1, -0.05) is 32.4 Å². The predicted octanol–water partition coefficient (Wildman–Crippen LogP) is 2.45. The lowest BCUT2D eigenvalue weighted by atomic mass is 10.1. The Bertz CT molecular complexity index is 134. The molecule has 0 fully saturated rings. The highest BCUT2D eigenvalue weighted by molar-refractivity contribution is 7.80. The van der Waals surface area contributed by atoms with Crippen LogP contribution in [0.1, 0.15) is 20.3 Å². The van der Waals surface area contributed by atoms with Gasteiger partial charge in [0.25, 0.3) is 0 Å². The zero-order valence-corrected chi connectivity index (χ0v) is 9.40. The Kier molecular flexibility index (Phi) is 6.58. The van der Waals surface area contributed by atoms with Gasteiger partial charge in [0.1, 0.15) is 0 Å². The highest BCUT2D eigenvalue weighted by Gasteiger charge is 2.04. The van der Waals surface area contributed by atoms with Crippen LogP contribution in [0.3, 0.4) is 0 Å². The van der Waals surface area contributed by atoms with Gasteiger partial charge >= 0.3 is 0 Å². The minimum Gasteiger partial charge on any atom is -0.302 e. The zero-order chi connectivity index (χ0) is 9.56. The van der Waals surface area contributed by atoms with Crippen LogP contribution in [0.25, 0.3) is 0 Å². The average molecular weight is 187 g/mol. The molecule has 1 atom stereocenters. The molecule has 1 unspecified atom stereocenters. The van der Waals surface area contributed by atoms with Crippen LogP contribution in [0.5, 0.6) is 0 Å². The van der Waals surface area contributed by atoms with Crippen molar-refractivity contribution < 1.29 is 0 Å². The van der Waals surface area contributed by atoms with Gasteiger partial charge in [-0.25, -0.2) is 0 Å². The second-order valence-corrected chi connectivity index (χ2v) is 3.93. The third-order valence-corrected chi connectivity index (χ3v) is 2.48. The molecule has 12 heavy (non-hydrogen) atoms. The van der Waals surface area contributed by atoms with Crippen molar-refractivity contribution in [1.29, 1.82) is 0 Å². The summed E-state index contributed by atoms with van der Waals surface area (Å²) in [6.45, 7) is 10.6. The highest BCUT2D eigenvalue weighted by atomic mass is 32.1. The molecule has 0 saturated heterocycles. The van der Waals surface area contributed by atoms with E-state index < -0.39 is 0 Å². The third-order valence-electron chi connectivity index (χ3n) is 2.04. The standard InChI is InChI=1S/C10H21NS/c1-5-9(2)6-11(4)7-10(3)8-12/h9,12H,3,5-8H2,1-2,4H3. The topological polar surface area (TPSA) is 3.24 Å². The molecule has 0 amide bonds. The van der Waals surface area contributed by atoms with Gasteiger partial charge in [-0.15, -0.1) is 0 Å². The average Bonchev–Trinajstić information content (AvgIpc) is 2.03. The first-order valence-corrected chi connectivity index (χ1v) is 5.19. The van der Waals surface area contributed by atoms with Gasteiger partial charge in [0.15, 0.2) is 0 Å². The Balaban J connectivity index is 3.58. The van der Waals surface area contributed by atoms with Crippen molar-refractivity contribution in [3.8, 4) is 0 Å². The van der Waals surface area contributed by atoms with E-state index in [1.54, 1.807) is 0 Å². The van der Waals surface area contributed by atoms with Crippen molar-refractivity contribution in [2.24, 2.45) is 5.92 Å². The van der Waals surface area contributed by atoms with E-state index in [4.69, 9.17) is 0 Å². The number of rotatable bonds is 6. The maximum absolute atomic E-state index is 4.18. The number of thiol groups is 1. The third kappa shape index (κ3) is 5.67. The first kappa shape index (κ1) is 12.0. The summed E-state index contributed by atoms with van der Waals surface area (Å²) in [5.74, 6) is 1.58. The van der Waals surface area contributed by atoms with Crippen LogP contribution in [0.2, 0.25) is 0 Å². The van der Waals surface area contributed by atoms with E-state index in [0.29, 0.717) is 0 Å². The zero-order valence-electron chi connectivity index (χ0n) is 8.51. The highest BCUT2D eigenvalue weighted by Crippen LogP contribution is 2.04. The van der Waals surface area contributed by atoms with Crippen molar-refractivity contribution in [2.75, 3.05) is 25.9 Å². The minimum atomic E-state index is 0.780. The molecule has 0 radical (unpaired) electrons. The second kappa shape index (κ2) is 6.55. The van der Waals surface area contributed by atoms with Gasteiger partial charge in [-0.3, -0.25) is 0 Å². The predicted molar refractivity (Wildman–Crippen MR) is 59.9 cm³/mol. The molecule has 0 bridgehead atoms. The van der Waals surface area contributed by atoms with E-state index in [-0.39, 0.29) is 0 Å². The van der Waals surface area contributed by atoms with Crippen molar-refractivity contribution >= 4 is 12.6 Å². The Morgan fingerprint density at radius 3 is 2.58 bits per heavy atom. The first-order chi connectivity index (χ1) is 5.60. The Morgan fingerprint density at radius 2 is 2.17 bits per heavy atom. The van der Waals surface area contributed by atoms with E-state index in [2.05, 4.69) is 45.0 Å². The quantitative estimate of drug-likeness (QED) is 0.494. The van der Waals surface area contributed by atoms with E-state index in [0.717, 1.165) is 24.8 Å². The van der Waals surface area contributed by atoms with Gasteiger partial charge in [0.05, 0.1) is 0 Å². The molecule has 2 heteroatoms. The number of hydrogen-bond donors (Lipinski definition) is 1. The number of hydrogen-bond acceptors (Lipinski definition) is 2. The molecule has 0 spiro atoms. The number of likely N-dealkylation sites (N-methyl/N-ethyl adjacent to an activating group) is 1. The molecule has 0 aliphatic carbocycles. The van der Waals surface area contributed by atoms with Gasteiger partial charge in [0.2, 0.25) is 0 Å². The molecule has 0 saturated carbocycles. The lowest BCUT2D eigenvalue weighted by molar-refractivity contribution is 0.303. The molecule has 0 heterocycles. The van der Waals surface area contributed by atoms with Gasteiger partial charge in [0, 0.05) is 18.8 Å². The van der Waals surface area contributed by atoms with Crippen LogP contribution < -0.4 is 0 Å². The lowest BCUT2D eigenvalue weighted by Gasteiger charge is -2.20. The molecule has 0 aromatic rings. The summed E-state index contributed by atoms with van der Waals surface area (Å²) in [6, 6.07) is 0. The van der Waals surface area contributed by atoms with Crippen LogP contribution >= 0.6 is 12.6 Å². The van der Waals surface area contributed by atoms with Crippen LogP contribution in [-0.2, 0) is 0 Å². The normalized spacial score (nSPS) is 13.4.